The monoisotopic (exact) mass is 363 g/mol. The van der Waals surface area contributed by atoms with Crippen LogP contribution in [0.2, 0.25) is 0 Å². The van der Waals surface area contributed by atoms with Gasteiger partial charge in [0.15, 0.2) is 5.82 Å². The van der Waals surface area contributed by atoms with Crippen molar-refractivity contribution in [3.8, 4) is 0 Å². The Bertz CT molecular complexity index is 808. The van der Waals surface area contributed by atoms with Crippen molar-refractivity contribution in [2.45, 2.75) is 50.8 Å². The second-order valence-electron chi connectivity index (χ2n) is 6.58. The van der Waals surface area contributed by atoms with Crippen molar-refractivity contribution in [3.63, 3.8) is 0 Å². The van der Waals surface area contributed by atoms with Gasteiger partial charge < -0.3 is 4.52 Å². The van der Waals surface area contributed by atoms with Crippen LogP contribution in [0.3, 0.4) is 0 Å². The number of sulfonamides is 1. The van der Waals surface area contributed by atoms with E-state index in [0.29, 0.717) is 29.8 Å². The van der Waals surface area contributed by atoms with E-state index in [9.17, 15) is 8.42 Å². The molecule has 1 saturated heterocycles. The molecular weight excluding hydrogens is 338 g/mol. The summed E-state index contributed by atoms with van der Waals surface area (Å²) in [5.41, 5.74) is 0.886. The molecule has 25 heavy (non-hydrogen) atoms. The van der Waals surface area contributed by atoms with Crippen LogP contribution in [0.1, 0.15) is 43.5 Å². The van der Waals surface area contributed by atoms with Gasteiger partial charge in [0.25, 0.3) is 0 Å². The molecule has 0 unspecified atom stereocenters. The first-order chi connectivity index (χ1) is 12.0. The Morgan fingerprint density at radius 2 is 1.96 bits per heavy atom. The van der Waals surface area contributed by atoms with Gasteiger partial charge in [-0.3, -0.25) is 0 Å². The molecule has 136 valence electrons. The Morgan fingerprint density at radius 3 is 2.60 bits per heavy atom. The summed E-state index contributed by atoms with van der Waals surface area (Å²) in [7, 11) is -3.40. The zero-order valence-corrected chi connectivity index (χ0v) is 15.6. The van der Waals surface area contributed by atoms with Gasteiger partial charge in [0, 0.05) is 26.4 Å². The number of benzene rings is 1. The van der Waals surface area contributed by atoms with E-state index >= 15 is 0 Å². The van der Waals surface area contributed by atoms with E-state index in [1.165, 1.54) is 0 Å². The van der Waals surface area contributed by atoms with Crippen molar-refractivity contribution in [1.29, 1.82) is 0 Å². The van der Waals surface area contributed by atoms with Gasteiger partial charge in [-0.05, 0) is 43.2 Å². The Balaban J connectivity index is 1.59. The lowest BCUT2D eigenvalue weighted by Gasteiger charge is -2.31. The highest BCUT2D eigenvalue weighted by Crippen LogP contribution is 2.28. The van der Waals surface area contributed by atoms with Gasteiger partial charge in [-0.1, -0.05) is 30.3 Å². The van der Waals surface area contributed by atoms with Gasteiger partial charge in [-0.2, -0.15) is 9.29 Å². The second kappa shape index (κ2) is 7.66. The first-order valence-corrected chi connectivity index (χ1v) is 10.3. The lowest BCUT2D eigenvalue weighted by Crippen LogP contribution is -2.38. The third-order valence-electron chi connectivity index (χ3n) is 4.89. The average Bonchev–Trinajstić information content (AvgIpc) is 3.05. The second-order valence-corrected chi connectivity index (χ2v) is 8.48. The van der Waals surface area contributed by atoms with E-state index in [0.717, 1.165) is 43.5 Å². The Hall–Kier alpha value is -1.73. The van der Waals surface area contributed by atoms with Gasteiger partial charge in [0.1, 0.15) is 0 Å². The number of piperidine rings is 1. The number of aryl methyl sites for hydroxylation is 3. The van der Waals surface area contributed by atoms with Crippen LogP contribution in [-0.2, 0) is 22.9 Å². The predicted molar refractivity (Wildman–Crippen MR) is 94.7 cm³/mol. The molecule has 2 aromatic rings. The van der Waals surface area contributed by atoms with Crippen molar-refractivity contribution >= 4 is 10.0 Å². The first-order valence-electron chi connectivity index (χ1n) is 8.88. The summed E-state index contributed by atoms with van der Waals surface area (Å²) in [6.07, 6.45) is 4.23. The van der Waals surface area contributed by atoms with Crippen LogP contribution in [0, 0.1) is 12.8 Å². The molecule has 0 bridgehead atoms. The Kier molecular flexibility index (Phi) is 5.54. The van der Waals surface area contributed by atoms with Crippen LogP contribution in [0.15, 0.2) is 33.7 Å². The number of hydrogen-bond acceptors (Lipinski definition) is 5. The largest absolute Gasteiger partial charge is 0.340 e. The molecule has 1 fully saturated rings. The van der Waals surface area contributed by atoms with Gasteiger partial charge in [0.05, 0.1) is 4.90 Å². The summed E-state index contributed by atoms with van der Waals surface area (Å²) < 4.78 is 32.5. The maximum atomic E-state index is 12.9. The molecule has 0 spiro atoms. The van der Waals surface area contributed by atoms with E-state index in [1.54, 1.807) is 23.4 Å². The minimum absolute atomic E-state index is 0.457. The maximum absolute atomic E-state index is 12.9. The molecule has 6 nitrogen and oxygen atoms in total. The van der Waals surface area contributed by atoms with Crippen molar-refractivity contribution in [2.75, 3.05) is 13.1 Å². The van der Waals surface area contributed by atoms with E-state index in [1.807, 2.05) is 19.1 Å². The van der Waals surface area contributed by atoms with Gasteiger partial charge in [0.2, 0.25) is 15.9 Å². The first kappa shape index (κ1) is 18.1. The lowest BCUT2D eigenvalue weighted by atomic mass is 9.93. The number of aromatic nitrogens is 2. The van der Waals surface area contributed by atoms with E-state index in [2.05, 4.69) is 10.1 Å². The van der Waals surface area contributed by atoms with E-state index in [-0.39, 0.29) is 0 Å². The molecular formula is C18H25N3O3S. The summed E-state index contributed by atoms with van der Waals surface area (Å²) in [6, 6.07) is 7.31. The lowest BCUT2D eigenvalue weighted by molar-refractivity contribution is 0.262. The van der Waals surface area contributed by atoms with Crippen molar-refractivity contribution in [1.82, 2.24) is 14.4 Å². The zero-order chi connectivity index (χ0) is 17.9. The summed E-state index contributed by atoms with van der Waals surface area (Å²) in [5, 5.41) is 3.92. The third-order valence-corrected chi connectivity index (χ3v) is 6.89. The van der Waals surface area contributed by atoms with Crippen molar-refractivity contribution in [2.24, 2.45) is 5.92 Å². The molecule has 2 heterocycles. The highest BCUT2D eigenvalue weighted by Gasteiger charge is 2.30. The van der Waals surface area contributed by atoms with Crippen LogP contribution in [-0.4, -0.2) is 36.0 Å². The number of hydrogen-bond donors (Lipinski definition) is 0. The van der Waals surface area contributed by atoms with Crippen LogP contribution in [0.5, 0.6) is 0 Å². The van der Waals surface area contributed by atoms with E-state index in [4.69, 9.17) is 4.52 Å². The molecule has 1 aliphatic rings. The molecule has 0 saturated carbocycles. The minimum atomic E-state index is -3.40. The van der Waals surface area contributed by atoms with Gasteiger partial charge in [-0.25, -0.2) is 8.42 Å². The van der Waals surface area contributed by atoms with Crippen molar-refractivity contribution < 1.29 is 12.9 Å². The third kappa shape index (κ3) is 4.10. The summed E-state index contributed by atoms with van der Waals surface area (Å²) in [6.45, 7) is 4.93. The molecule has 1 aromatic carbocycles. The minimum Gasteiger partial charge on any atom is -0.340 e. The maximum Gasteiger partial charge on any atom is 0.243 e. The van der Waals surface area contributed by atoms with Crippen LogP contribution >= 0.6 is 0 Å². The average molecular weight is 363 g/mol. The van der Waals surface area contributed by atoms with Crippen molar-refractivity contribution in [3.05, 3.63) is 41.5 Å². The van der Waals surface area contributed by atoms with E-state index < -0.39 is 10.0 Å². The molecule has 3 rings (SSSR count). The molecule has 0 atom stereocenters. The number of rotatable bonds is 6. The molecule has 1 aliphatic heterocycles. The summed E-state index contributed by atoms with van der Waals surface area (Å²) in [4.78, 5) is 4.68. The normalized spacial score (nSPS) is 17.0. The highest BCUT2D eigenvalue weighted by molar-refractivity contribution is 7.89. The molecule has 0 amide bonds. The zero-order valence-electron chi connectivity index (χ0n) is 14.8. The number of nitrogens with zero attached hydrogens (tertiary/aromatic N) is 3. The van der Waals surface area contributed by atoms with Crippen LogP contribution in [0.4, 0.5) is 0 Å². The fourth-order valence-electron chi connectivity index (χ4n) is 3.40. The molecule has 7 heteroatoms. The van der Waals surface area contributed by atoms with Crippen LogP contribution in [0.25, 0.3) is 0 Å². The fourth-order valence-corrected chi connectivity index (χ4v) is 5.16. The quantitative estimate of drug-likeness (QED) is 0.788. The standard InChI is InChI=1S/C18H25N3O3S/c1-3-16-6-4-5-7-17(16)25(22,23)21-12-10-15(11-13-21)8-9-18-19-14(2)24-20-18/h4-7,15H,3,8-13H2,1-2H3. The fraction of sp³-hybridized carbons (Fsp3) is 0.556. The van der Waals surface area contributed by atoms with Gasteiger partial charge >= 0.3 is 0 Å². The molecule has 0 aliphatic carbocycles. The SMILES string of the molecule is CCc1ccccc1S(=O)(=O)N1CCC(CCc2noc(C)n2)CC1. The summed E-state index contributed by atoms with van der Waals surface area (Å²) in [5.74, 6) is 1.83. The molecule has 0 radical (unpaired) electrons. The topological polar surface area (TPSA) is 76.3 Å². The highest BCUT2D eigenvalue weighted by atomic mass is 32.2. The smallest absolute Gasteiger partial charge is 0.243 e. The molecule has 0 N–H and O–H groups in total. The predicted octanol–water partition coefficient (Wildman–Crippen LogP) is 2.97. The van der Waals surface area contributed by atoms with Gasteiger partial charge in [-0.15, -0.1) is 0 Å². The molecule has 1 aromatic heterocycles. The summed E-state index contributed by atoms with van der Waals surface area (Å²) >= 11 is 0. The Morgan fingerprint density at radius 1 is 1.24 bits per heavy atom. The Labute approximate surface area is 149 Å². The van der Waals surface area contributed by atoms with Crippen LogP contribution < -0.4 is 0 Å².